The molecule has 0 aliphatic rings. The van der Waals surface area contributed by atoms with Crippen LogP contribution in [-0.4, -0.2) is 5.97 Å². The molecule has 0 unspecified atom stereocenters. The lowest BCUT2D eigenvalue weighted by Crippen LogP contribution is -2.07. The largest absolute Gasteiger partial charge is 0.427 e. The number of ether oxygens (including phenoxy) is 1. The van der Waals surface area contributed by atoms with Gasteiger partial charge in [-0.1, -0.05) is 43.9 Å². The highest BCUT2D eigenvalue weighted by Crippen LogP contribution is 2.12. The molecule has 0 heterocycles. The van der Waals surface area contributed by atoms with E-state index in [0.717, 1.165) is 25.7 Å². The van der Waals surface area contributed by atoms with Gasteiger partial charge in [-0.2, -0.15) is 0 Å². The number of rotatable bonds is 9. The van der Waals surface area contributed by atoms with Gasteiger partial charge in [0, 0.05) is 12.8 Å². The van der Waals surface area contributed by atoms with Crippen LogP contribution in [-0.2, 0) is 4.79 Å². The SMILES string of the molecule is C#CCCCCCCCCC(=O)Oc1ccccc1. The van der Waals surface area contributed by atoms with Crippen LogP contribution in [0.3, 0.4) is 0 Å². The summed E-state index contributed by atoms with van der Waals surface area (Å²) < 4.78 is 5.21. The van der Waals surface area contributed by atoms with Crippen molar-refractivity contribution in [3.63, 3.8) is 0 Å². The number of terminal acetylenes is 1. The van der Waals surface area contributed by atoms with Crippen molar-refractivity contribution in [1.29, 1.82) is 0 Å². The zero-order chi connectivity index (χ0) is 13.8. The average molecular weight is 258 g/mol. The van der Waals surface area contributed by atoms with Crippen LogP contribution in [0.25, 0.3) is 0 Å². The molecule has 2 nitrogen and oxygen atoms in total. The second kappa shape index (κ2) is 10.2. The molecular formula is C17H22O2. The second-order valence-electron chi connectivity index (χ2n) is 4.61. The fourth-order valence-corrected chi connectivity index (χ4v) is 1.87. The normalized spacial score (nSPS) is 9.84. The zero-order valence-corrected chi connectivity index (χ0v) is 11.4. The summed E-state index contributed by atoms with van der Waals surface area (Å²) in [6.45, 7) is 0. The first-order valence-electron chi connectivity index (χ1n) is 7.02. The highest BCUT2D eigenvalue weighted by molar-refractivity contribution is 5.72. The molecule has 0 radical (unpaired) electrons. The summed E-state index contributed by atoms with van der Waals surface area (Å²) >= 11 is 0. The van der Waals surface area contributed by atoms with Crippen LogP contribution in [0, 0.1) is 12.3 Å². The van der Waals surface area contributed by atoms with Crippen LogP contribution in [0.15, 0.2) is 30.3 Å². The van der Waals surface area contributed by atoms with Crippen molar-refractivity contribution in [3.8, 4) is 18.1 Å². The van der Waals surface area contributed by atoms with Gasteiger partial charge in [0.2, 0.25) is 0 Å². The smallest absolute Gasteiger partial charge is 0.311 e. The number of unbranched alkanes of at least 4 members (excludes halogenated alkanes) is 6. The summed E-state index contributed by atoms with van der Waals surface area (Å²) in [5.41, 5.74) is 0. The standard InChI is InChI=1S/C17H22O2/c1-2-3-4-5-6-7-8-12-15-17(18)19-16-13-10-9-11-14-16/h1,9-11,13-14H,3-8,12,15H2. The summed E-state index contributed by atoms with van der Waals surface area (Å²) in [5.74, 6) is 3.13. The van der Waals surface area contributed by atoms with Crippen molar-refractivity contribution >= 4 is 5.97 Å². The molecule has 2 heteroatoms. The van der Waals surface area contributed by atoms with Gasteiger partial charge in [0.25, 0.3) is 0 Å². The molecule has 0 aliphatic heterocycles. The first-order valence-corrected chi connectivity index (χ1v) is 7.02. The van der Waals surface area contributed by atoms with Crippen LogP contribution in [0.4, 0.5) is 0 Å². The third-order valence-electron chi connectivity index (χ3n) is 2.93. The molecule has 1 aromatic carbocycles. The highest BCUT2D eigenvalue weighted by Gasteiger charge is 2.03. The molecule has 0 aliphatic carbocycles. The van der Waals surface area contributed by atoms with Crippen LogP contribution in [0.1, 0.15) is 51.4 Å². The lowest BCUT2D eigenvalue weighted by molar-refractivity contribution is -0.134. The van der Waals surface area contributed by atoms with E-state index in [-0.39, 0.29) is 5.97 Å². The lowest BCUT2D eigenvalue weighted by Gasteiger charge is -2.04. The van der Waals surface area contributed by atoms with Gasteiger partial charge < -0.3 is 4.74 Å². The molecule has 0 saturated carbocycles. The van der Waals surface area contributed by atoms with Crippen LogP contribution in [0.2, 0.25) is 0 Å². The molecule has 0 bridgehead atoms. The predicted molar refractivity (Wildman–Crippen MR) is 77.8 cm³/mol. The van der Waals surface area contributed by atoms with Crippen molar-refractivity contribution < 1.29 is 9.53 Å². The number of carbonyl (C=O) groups is 1. The van der Waals surface area contributed by atoms with Crippen LogP contribution < -0.4 is 4.74 Å². The molecule has 0 spiro atoms. The molecule has 0 aromatic heterocycles. The van der Waals surface area contributed by atoms with E-state index in [2.05, 4.69) is 5.92 Å². The van der Waals surface area contributed by atoms with Crippen molar-refractivity contribution in [3.05, 3.63) is 30.3 Å². The Morgan fingerprint density at radius 1 is 1.00 bits per heavy atom. The summed E-state index contributed by atoms with van der Waals surface area (Å²) in [4.78, 5) is 11.5. The van der Waals surface area contributed by atoms with Gasteiger partial charge in [-0.25, -0.2) is 0 Å². The van der Waals surface area contributed by atoms with Crippen LogP contribution in [0.5, 0.6) is 5.75 Å². The van der Waals surface area contributed by atoms with Crippen molar-refractivity contribution in [2.24, 2.45) is 0 Å². The van der Waals surface area contributed by atoms with Gasteiger partial charge in [0.05, 0.1) is 0 Å². The average Bonchev–Trinajstić information content (AvgIpc) is 2.43. The number of para-hydroxylation sites is 1. The first-order chi connectivity index (χ1) is 9.33. The Hall–Kier alpha value is -1.75. The van der Waals surface area contributed by atoms with Gasteiger partial charge in [0.1, 0.15) is 5.75 Å². The zero-order valence-electron chi connectivity index (χ0n) is 11.4. The minimum absolute atomic E-state index is 0.140. The Labute approximate surface area is 116 Å². The summed E-state index contributed by atoms with van der Waals surface area (Å²) in [6.07, 6.45) is 13.2. The van der Waals surface area contributed by atoms with Crippen LogP contribution >= 0.6 is 0 Å². The Balaban J connectivity index is 1.98. The molecule has 1 aromatic rings. The Morgan fingerprint density at radius 2 is 1.63 bits per heavy atom. The third-order valence-corrected chi connectivity index (χ3v) is 2.93. The molecule has 0 atom stereocenters. The molecule has 102 valence electrons. The quantitative estimate of drug-likeness (QED) is 0.285. The fraction of sp³-hybridized carbons (Fsp3) is 0.471. The van der Waals surface area contributed by atoms with Gasteiger partial charge in [-0.05, 0) is 25.0 Å². The van der Waals surface area contributed by atoms with Gasteiger partial charge in [0.15, 0.2) is 0 Å². The number of esters is 1. The number of hydrogen-bond donors (Lipinski definition) is 0. The number of benzene rings is 1. The van der Waals surface area contributed by atoms with Gasteiger partial charge in [-0.3, -0.25) is 4.79 Å². The molecular weight excluding hydrogens is 236 g/mol. The fourth-order valence-electron chi connectivity index (χ4n) is 1.87. The Kier molecular flexibility index (Phi) is 8.22. The monoisotopic (exact) mass is 258 g/mol. The van der Waals surface area contributed by atoms with E-state index >= 15 is 0 Å². The van der Waals surface area contributed by atoms with E-state index in [9.17, 15) is 4.79 Å². The van der Waals surface area contributed by atoms with Crippen molar-refractivity contribution in [1.82, 2.24) is 0 Å². The van der Waals surface area contributed by atoms with Gasteiger partial charge >= 0.3 is 5.97 Å². The Bertz CT molecular complexity index is 389. The van der Waals surface area contributed by atoms with E-state index in [4.69, 9.17) is 11.2 Å². The maximum atomic E-state index is 11.5. The molecule has 0 saturated heterocycles. The maximum Gasteiger partial charge on any atom is 0.311 e. The molecule has 19 heavy (non-hydrogen) atoms. The molecule has 0 N–H and O–H groups in total. The first kappa shape index (κ1) is 15.3. The van der Waals surface area contributed by atoms with E-state index < -0.39 is 0 Å². The van der Waals surface area contributed by atoms with E-state index in [1.807, 2.05) is 18.2 Å². The molecule has 1 rings (SSSR count). The summed E-state index contributed by atoms with van der Waals surface area (Å²) in [6, 6.07) is 9.21. The molecule has 0 fully saturated rings. The van der Waals surface area contributed by atoms with Crippen molar-refractivity contribution in [2.45, 2.75) is 51.4 Å². The van der Waals surface area contributed by atoms with Gasteiger partial charge in [-0.15, -0.1) is 12.3 Å². The van der Waals surface area contributed by atoms with Crippen molar-refractivity contribution in [2.75, 3.05) is 0 Å². The predicted octanol–water partition coefficient (Wildman–Crippen LogP) is 4.35. The van der Waals surface area contributed by atoms with E-state index in [1.54, 1.807) is 12.1 Å². The molecule has 0 amide bonds. The highest BCUT2D eigenvalue weighted by atomic mass is 16.5. The minimum Gasteiger partial charge on any atom is -0.427 e. The minimum atomic E-state index is -0.140. The number of hydrogen-bond acceptors (Lipinski definition) is 2. The summed E-state index contributed by atoms with van der Waals surface area (Å²) in [7, 11) is 0. The number of carbonyl (C=O) groups excluding carboxylic acids is 1. The maximum absolute atomic E-state index is 11.5. The van der Waals surface area contributed by atoms with E-state index in [1.165, 1.54) is 19.3 Å². The lowest BCUT2D eigenvalue weighted by atomic mass is 10.1. The third kappa shape index (κ3) is 8.05. The second-order valence-corrected chi connectivity index (χ2v) is 4.61. The topological polar surface area (TPSA) is 26.3 Å². The Morgan fingerprint density at radius 3 is 2.32 bits per heavy atom. The summed E-state index contributed by atoms with van der Waals surface area (Å²) in [5, 5.41) is 0. The van der Waals surface area contributed by atoms with E-state index in [0.29, 0.717) is 12.2 Å².